The number of benzene rings is 3. The van der Waals surface area contributed by atoms with Crippen LogP contribution in [0, 0.1) is 0 Å². The minimum absolute atomic E-state index is 0.973. The van der Waals surface area contributed by atoms with Gasteiger partial charge in [0.05, 0.1) is 0 Å². The van der Waals surface area contributed by atoms with E-state index in [1.165, 1.54) is 27.8 Å². The Hall–Kier alpha value is -2.60. The van der Waals surface area contributed by atoms with E-state index in [0.29, 0.717) is 0 Å². The first-order valence-corrected chi connectivity index (χ1v) is 7.24. The van der Waals surface area contributed by atoms with Gasteiger partial charge in [-0.15, -0.1) is 6.58 Å². The largest absolute Gasteiger partial charge is 0.103 e. The van der Waals surface area contributed by atoms with E-state index in [9.17, 15) is 0 Å². The fourth-order valence-corrected chi connectivity index (χ4v) is 2.62. The van der Waals surface area contributed by atoms with Crippen LogP contribution in [0.1, 0.15) is 5.56 Å². The Bertz CT molecular complexity index is 639. The van der Waals surface area contributed by atoms with Gasteiger partial charge in [0, 0.05) is 0 Å². The van der Waals surface area contributed by atoms with Crippen LogP contribution in [-0.4, -0.2) is 0 Å². The van der Waals surface area contributed by atoms with Crippen LogP contribution >= 0.6 is 0 Å². The van der Waals surface area contributed by atoms with Crippen molar-refractivity contribution in [1.29, 1.82) is 0 Å². The average Bonchev–Trinajstić information content (AvgIpc) is 2.54. The summed E-state index contributed by atoms with van der Waals surface area (Å²) in [6.07, 6.45) is 2.89. The van der Waals surface area contributed by atoms with Gasteiger partial charge in [-0.3, -0.25) is 0 Å². The number of rotatable bonds is 2. The second kappa shape index (κ2) is 6.23. The molecule has 0 fully saturated rings. The van der Waals surface area contributed by atoms with Gasteiger partial charge in [0.1, 0.15) is 0 Å². The first-order chi connectivity index (χ1) is 10.4. The number of allylic oxidation sites excluding steroid dienone is 1. The highest BCUT2D eigenvalue weighted by Gasteiger charge is 2.19. The number of hydrogen-bond acceptors (Lipinski definition) is 0. The van der Waals surface area contributed by atoms with Gasteiger partial charge in [-0.2, -0.15) is 0 Å². The molecule has 0 amide bonds. The third-order valence-electron chi connectivity index (χ3n) is 3.66. The van der Waals surface area contributed by atoms with Crippen LogP contribution in [0.15, 0.2) is 91.5 Å². The highest BCUT2D eigenvalue weighted by atomic mass is 14.2. The molecule has 1 aliphatic carbocycles. The molecule has 3 aromatic rings. The lowest BCUT2D eigenvalue weighted by Gasteiger charge is -2.22. The lowest BCUT2D eigenvalue weighted by Crippen LogP contribution is -1.96. The van der Waals surface area contributed by atoms with E-state index in [0.717, 1.165) is 6.42 Å². The summed E-state index contributed by atoms with van der Waals surface area (Å²) in [7, 11) is 0. The molecule has 0 aromatic heterocycles. The van der Waals surface area contributed by atoms with E-state index in [1.807, 2.05) is 24.3 Å². The molecular formula is C21H18. The van der Waals surface area contributed by atoms with Crippen molar-refractivity contribution in [2.75, 3.05) is 0 Å². The Balaban J connectivity index is 0.000000133. The summed E-state index contributed by atoms with van der Waals surface area (Å²) in [5.74, 6) is 0. The first-order valence-electron chi connectivity index (χ1n) is 7.24. The molecule has 0 N–H and O–H groups in total. The summed E-state index contributed by atoms with van der Waals surface area (Å²) >= 11 is 0. The maximum absolute atomic E-state index is 3.66. The second-order valence-corrected chi connectivity index (χ2v) is 5.07. The van der Waals surface area contributed by atoms with E-state index < -0.39 is 0 Å². The van der Waals surface area contributed by atoms with Crippen molar-refractivity contribution in [3.8, 4) is 22.3 Å². The Morgan fingerprint density at radius 3 is 1.33 bits per heavy atom. The van der Waals surface area contributed by atoms with Crippen LogP contribution in [0.2, 0.25) is 0 Å². The quantitative estimate of drug-likeness (QED) is 0.407. The molecule has 0 aliphatic heterocycles. The molecule has 0 saturated heterocycles. The molecule has 0 unspecified atom stereocenters. The van der Waals surface area contributed by atoms with Crippen molar-refractivity contribution >= 4 is 0 Å². The molecule has 0 heterocycles. The fourth-order valence-electron chi connectivity index (χ4n) is 2.62. The Morgan fingerprint density at radius 1 is 0.571 bits per heavy atom. The van der Waals surface area contributed by atoms with E-state index in [-0.39, 0.29) is 0 Å². The van der Waals surface area contributed by atoms with Crippen molar-refractivity contribution in [3.63, 3.8) is 0 Å². The molecule has 0 bridgehead atoms. The molecule has 0 heteroatoms. The van der Waals surface area contributed by atoms with Gasteiger partial charge in [0.15, 0.2) is 0 Å². The molecule has 0 radical (unpaired) electrons. The minimum Gasteiger partial charge on any atom is -0.103 e. The van der Waals surface area contributed by atoms with Gasteiger partial charge in [-0.25, -0.2) is 0 Å². The smallest absolute Gasteiger partial charge is 0.00990 e. The predicted molar refractivity (Wildman–Crippen MR) is 91.2 cm³/mol. The zero-order valence-corrected chi connectivity index (χ0v) is 12.0. The molecule has 102 valence electrons. The van der Waals surface area contributed by atoms with Gasteiger partial charge in [-0.05, 0) is 34.2 Å². The zero-order chi connectivity index (χ0) is 14.5. The number of fused-ring (bicyclic) bond motifs is 4. The van der Waals surface area contributed by atoms with Gasteiger partial charge >= 0.3 is 0 Å². The van der Waals surface area contributed by atoms with Gasteiger partial charge in [0.25, 0.3) is 0 Å². The Morgan fingerprint density at radius 2 is 0.952 bits per heavy atom. The molecule has 0 spiro atoms. The summed E-state index contributed by atoms with van der Waals surface area (Å²) in [6, 6.07) is 27.4. The summed E-state index contributed by atoms with van der Waals surface area (Å²) in [5.41, 5.74) is 6.91. The SMILES string of the molecule is C=CCc1ccccc1.c1ccc2c(c1)-c1ccccc1-2. The minimum atomic E-state index is 0.973. The van der Waals surface area contributed by atoms with Crippen LogP contribution in [0.4, 0.5) is 0 Å². The normalized spacial score (nSPS) is 10.3. The third-order valence-corrected chi connectivity index (χ3v) is 3.66. The topological polar surface area (TPSA) is 0 Å². The first kappa shape index (κ1) is 13.4. The molecule has 0 atom stereocenters. The molecule has 0 nitrogen and oxygen atoms in total. The van der Waals surface area contributed by atoms with Crippen molar-refractivity contribution in [3.05, 3.63) is 97.1 Å². The van der Waals surface area contributed by atoms with Gasteiger partial charge in [-0.1, -0.05) is 84.9 Å². The zero-order valence-electron chi connectivity index (χ0n) is 12.0. The Kier molecular flexibility index (Phi) is 3.97. The molecule has 21 heavy (non-hydrogen) atoms. The van der Waals surface area contributed by atoms with E-state index in [2.05, 4.69) is 67.2 Å². The average molecular weight is 270 g/mol. The standard InChI is InChI=1S/C12H8.C9H10/c1-2-6-10-9(5-1)11-7-3-4-8-12(10)11;1-2-6-9-7-4-3-5-8-9/h1-8H;2-5,7-8H,1,6H2. The molecule has 4 rings (SSSR count). The van der Waals surface area contributed by atoms with Crippen molar-refractivity contribution in [1.82, 2.24) is 0 Å². The van der Waals surface area contributed by atoms with E-state index in [4.69, 9.17) is 0 Å². The van der Waals surface area contributed by atoms with Crippen LogP contribution < -0.4 is 0 Å². The lowest BCUT2D eigenvalue weighted by atomic mass is 9.81. The highest BCUT2D eigenvalue weighted by Crippen LogP contribution is 2.46. The van der Waals surface area contributed by atoms with Gasteiger partial charge < -0.3 is 0 Å². The second-order valence-electron chi connectivity index (χ2n) is 5.07. The van der Waals surface area contributed by atoms with E-state index in [1.54, 1.807) is 0 Å². The highest BCUT2D eigenvalue weighted by molar-refractivity contribution is 6.02. The summed E-state index contributed by atoms with van der Waals surface area (Å²) < 4.78 is 0. The fraction of sp³-hybridized carbons (Fsp3) is 0.0476. The Labute approximate surface area is 126 Å². The third kappa shape index (κ3) is 2.80. The predicted octanol–water partition coefficient (Wildman–Crippen LogP) is 5.75. The maximum Gasteiger partial charge on any atom is -0.00990 e. The molecule has 0 saturated carbocycles. The van der Waals surface area contributed by atoms with Crippen molar-refractivity contribution in [2.24, 2.45) is 0 Å². The maximum atomic E-state index is 3.66. The van der Waals surface area contributed by atoms with Crippen LogP contribution in [0.3, 0.4) is 0 Å². The van der Waals surface area contributed by atoms with Crippen LogP contribution in [-0.2, 0) is 6.42 Å². The summed E-state index contributed by atoms with van der Waals surface area (Å²) in [6.45, 7) is 3.66. The van der Waals surface area contributed by atoms with Crippen molar-refractivity contribution < 1.29 is 0 Å². The molecular weight excluding hydrogens is 252 g/mol. The summed E-state index contributed by atoms with van der Waals surface area (Å²) in [5, 5.41) is 0. The van der Waals surface area contributed by atoms with Gasteiger partial charge in [0.2, 0.25) is 0 Å². The van der Waals surface area contributed by atoms with E-state index >= 15 is 0 Å². The van der Waals surface area contributed by atoms with Crippen LogP contribution in [0.25, 0.3) is 22.3 Å². The number of hydrogen-bond donors (Lipinski definition) is 0. The van der Waals surface area contributed by atoms with Crippen molar-refractivity contribution in [2.45, 2.75) is 6.42 Å². The lowest BCUT2D eigenvalue weighted by molar-refractivity contribution is 1.28. The summed E-state index contributed by atoms with van der Waals surface area (Å²) in [4.78, 5) is 0. The molecule has 1 aliphatic rings. The monoisotopic (exact) mass is 270 g/mol. The van der Waals surface area contributed by atoms with Crippen LogP contribution in [0.5, 0.6) is 0 Å². The molecule has 3 aromatic carbocycles.